The highest BCUT2D eigenvalue weighted by Crippen LogP contribution is 2.23. The third-order valence-corrected chi connectivity index (χ3v) is 4.02. The molecule has 0 atom stereocenters. The minimum Gasteiger partial charge on any atom is -0.508 e. The van der Waals surface area contributed by atoms with Crippen LogP contribution in [0.25, 0.3) is 0 Å². The quantitative estimate of drug-likeness (QED) is 0.620. The van der Waals surface area contributed by atoms with Crippen molar-refractivity contribution in [3.63, 3.8) is 0 Å². The molecule has 0 bridgehead atoms. The molecule has 4 heteroatoms. The van der Waals surface area contributed by atoms with Gasteiger partial charge in [0, 0.05) is 17.0 Å². The first-order valence-electron chi connectivity index (χ1n) is 6.92. The van der Waals surface area contributed by atoms with Gasteiger partial charge >= 0.3 is 0 Å². The van der Waals surface area contributed by atoms with Crippen molar-refractivity contribution in [2.24, 2.45) is 0 Å². The van der Waals surface area contributed by atoms with E-state index in [1.54, 1.807) is 23.9 Å². The van der Waals surface area contributed by atoms with Crippen molar-refractivity contribution >= 4 is 23.4 Å². The van der Waals surface area contributed by atoms with Gasteiger partial charge in [-0.15, -0.1) is 11.8 Å². The average Bonchev–Trinajstić information content (AvgIpc) is 2.44. The smallest absolute Gasteiger partial charge is 0.224 e. The molecule has 2 aromatic carbocycles. The summed E-state index contributed by atoms with van der Waals surface area (Å²) in [6.45, 7) is 2.00. The topological polar surface area (TPSA) is 49.3 Å². The lowest BCUT2D eigenvalue weighted by molar-refractivity contribution is -0.116. The lowest BCUT2D eigenvalue weighted by Gasteiger charge is -2.06. The molecule has 0 saturated heterocycles. The van der Waals surface area contributed by atoms with Crippen LogP contribution in [-0.4, -0.2) is 16.8 Å². The molecule has 2 rings (SSSR count). The van der Waals surface area contributed by atoms with Crippen molar-refractivity contribution in [1.82, 2.24) is 0 Å². The minimum absolute atomic E-state index is 0.0390. The summed E-state index contributed by atoms with van der Waals surface area (Å²) < 4.78 is 0. The Labute approximate surface area is 129 Å². The molecule has 0 aliphatic heterocycles. The third-order valence-electron chi connectivity index (χ3n) is 2.94. The first-order valence-corrected chi connectivity index (χ1v) is 7.90. The summed E-state index contributed by atoms with van der Waals surface area (Å²) in [4.78, 5) is 12.9. The van der Waals surface area contributed by atoms with Gasteiger partial charge in [0.1, 0.15) is 5.75 Å². The second-order valence-corrected chi connectivity index (χ2v) is 6.04. The van der Waals surface area contributed by atoms with Crippen LogP contribution >= 0.6 is 11.8 Å². The van der Waals surface area contributed by atoms with Crippen LogP contribution in [0, 0.1) is 6.92 Å². The van der Waals surface area contributed by atoms with Gasteiger partial charge in [-0.3, -0.25) is 4.79 Å². The van der Waals surface area contributed by atoms with Gasteiger partial charge in [-0.2, -0.15) is 0 Å². The van der Waals surface area contributed by atoms with Crippen molar-refractivity contribution < 1.29 is 9.90 Å². The van der Waals surface area contributed by atoms with Crippen molar-refractivity contribution in [3.8, 4) is 5.75 Å². The largest absolute Gasteiger partial charge is 0.508 e. The molecule has 0 heterocycles. The van der Waals surface area contributed by atoms with Gasteiger partial charge in [-0.05, 0) is 55.0 Å². The lowest BCUT2D eigenvalue weighted by Crippen LogP contribution is -2.11. The zero-order valence-corrected chi connectivity index (χ0v) is 12.8. The standard InChI is InChI=1S/C17H19NO2S/c1-13-5-2-6-14(11-13)18-17(20)9-4-10-21-16-8-3-7-15(19)12-16/h2-3,5-8,11-12,19H,4,9-10H2,1H3,(H,18,20). The Morgan fingerprint density at radius 1 is 1.19 bits per heavy atom. The highest BCUT2D eigenvalue weighted by atomic mass is 32.2. The van der Waals surface area contributed by atoms with Crippen LogP contribution in [0.5, 0.6) is 5.75 Å². The summed E-state index contributed by atoms with van der Waals surface area (Å²) in [6.07, 6.45) is 1.30. The van der Waals surface area contributed by atoms with E-state index >= 15 is 0 Å². The fourth-order valence-electron chi connectivity index (χ4n) is 1.94. The maximum atomic E-state index is 11.8. The highest BCUT2D eigenvalue weighted by molar-refractivity contribution is 7.99. The van der Waals surface area contributed by atoms with Gasteiger partial charge in [0.05, 0.1) is 0 Å². The molecule has 2 N–H and O–H groups in total. The summed E-state index contributed by atoms with van der Waals surface area (Å²) in [5.41, 5.74) is 1.98. The van der Waals surface area contributed by atoms with E-state index in [1.165, 1.54) is 0 Å². The molecule has 110 valence electrons. The van der Waals surface area contributed by atoms with E-state index in [2.05, 4.69) is 5.32 Å². The number of benzene rings is 2. The van der Waals surface area contributed by atoms with Gasteiger partial charge in [0.2, 0.25) is 5.91 Å². The first-order chi connectivity index (χ1) is 10.1. The summed E-state index contributed by atoms with van der Waals surface area (Å²) in [6, 6.07) is 15.0. The molecular weight excluding hydrogens is 282 g/mol. The fraction of sp³-hybridized carbons (Fsp3) is 0.235. The molecule has 0 unspecified atom stereocenters. The number of aromatic hydroxyl groups is 1. The molecule has 3 nitrogen and oxygen atoms in total. The predicted molar refractivity (Wildman–Crippen MR) is 87.9 cm³/mol. The monoisotopic (exact) mass is 301 g/mol. The maximum Gasteiger partial charge on any atom is 0.224 e. The fourth-order valence-corrected chi connectivity index (χ4v) is 2.85. The van der Waals surface area contributed by atoms with Crippen LogP contribution in [-0.2, 0) is 4.79 Å². The van der Waals surface area contributed by atoms with Crippen LogP contribution in [0.15, 0.2) is 53.4 Å². The van der Waals surface area contributed by atoms with Gasteiger partial charge in [0.25, 0.3) is 0 Å². The van der Waals surface area contributed by atoms with Gasteiger partial charge in [-0.25, -0.2) is 0 Å². The number of rotatable bonds is 6. The van der Waals surface area contributed by atoms with E-state index < -0.39 is 0 Å². The van der Waals surface area contributed by atoms with E-state index in [4.69, 9.17) is 0 Å². The van der Waals surface area contributed by atoms with Crippen molar-refractivity contribution in [1.29, 1.82) is 0 Å². The normalized spacial score (nSPS) is 10.3. The molecule has 0 saturated carbocycles. The zero-order valence-electron chi connectivity index (χ0n) is 12.0. The van der Waals surface area contributed by atoms with E-state index in [0.29, 0.717) is 6.42 Å². The number of hydrogen-bond acceptors (Lipinski definition) is 3. The van der Waals surface area contributed by atoms with Crippen LogP contribution in [0.3, 0.4) is 0 Å². The number of phenols is 1. The Morgan fingerprint density at radius 2 is 2.00 bits per heavy atom. The van der Waals surface area contributed by atoms with Gasteiger partial charge in [0.15, 0.2) is 0 Å². The molecule has 1 amide bonds. The summed E-state index contributed by atoms with van der Waals surface area (Å²) >= 11 is 1.65. The zero-order chi connectivity index (χ0) is 15.1. The average molecular weight is 301 g/mol. The molecule has 0 spiro atoms. The number of aryl methyl sites for hydroxylation is 1. The second kappa shape index (κ2) is 7.74. The maximum absolute atomic E-state index is 11.8. The Hall–Kier alpha value is -1.94. The number of hydrogen-bond donors (Lipinski definition) is 2. The van der Waals surface area contributed by atoms with E-state index in [0.717, 1.165) is 28.3 Å². The number of amides is 1. The Kier molecular flexibility index (Phi) is 5.69. The second-order valence-electron chi connectivity index (χ2n) is 4.87. The van der Waals surface area contributed by atoms with Crippen molar-refractivity contribution in [2.75, 3.05) is 11.1 Å². The molecule has 0 aromatic heterocycles. The van der Waals surface area contributed by atoms with Crippen molar-refractivity contribution in [3.05, 3.63) is 54.1 Å². The Bertz CT molecular complexity index is 613. The number of anilines is 1. The molecule has 0 radical (unpaired) electrons. The molecule has 0 aliphatic rings. The number of carbonyl (C=O) groups excluding carboxylic acids is 1. The molecule has 2 aromatic rings. The highest BCUT2D eigenvalue weighted by Gasteiger charge is 2.03. The summed E-state index contributed by atoms with van der Waals surface area (Å²) in [5, 5.41) is 12.3. The van der Waals surface area contributed by atoms with Crippen LogP contribution in [0.4, 0.5) is 5.69 Å². The van der Waals surface area contributed by atoms with Gasteiger partial charge in [-0.1, -0.05) is 18.2 Å². The summed E-state index contributed by atoms with van der Waals surface area (Å²) in [7, 11) is 0. The van der Waals surface area contributed by atoms with Crippen LogP contribution in [0.2, 0.25) is 0 Å². The van der Waals surface area contributed by atoms with Crippen molar-refractivity contribution in [2.45, 2.75) is 24.7 Å². The van der Waals surface area contributed by atoms with Crippen LogP contribution < -0.4 is 5.32 Å². The minimum atomic E-state index is 0.0390. The number of nitrogens with one attached hydrogen (secondary N) is 1. The number of carbonyl (C=O) groups is 1. The molecule has 21 heavy (non-hydrogen) atoms. The Morgan fingerprint density at radius 3 is 2.76 bits per heavy atom. The molecule has 0 aliphatic carbocycles. The SMILES string of the molecule is Cc1cccc(NC(=O)CCCSc2cccc(O)c2)c1. The first kappa shape index (κ1) is 15.4. The summed E-state index contributed by atoms with van der Waals surface area (Å²) in [5.74, 6) is 1.17. The van der Waals surface area contributed by atoms with Gasteiger partial charge < -0.3 is 10.4 Å². The molecular formula is C17H19NO2S. The third kappa shape index (κ3) is 5.52. The molecule has 0 fully saturated rings. The van der Waals surface area contributed by atoms with Crippen LogP contribution in [0.1, 0.15) is 18.4 Å². The number of thioether (sulfide) groups is 1. The van der Waals surface area contributed by atoms with E-state index in [-0.39, 0.29) is 11.7 Å². The lowest BCUT2D eigenvalue weighted by atomic mass is 10.2. The number of phenolic OH excluding ortho intramolecular Hbond substituents is 1. The Balaban J connectivity index is 1.70. The van der Waals surface area contributed by atoms with E-state index in [9.17, 15) is 9.90 Å². The van der Waals surface area contributed by atoms with E-state index in [1.807, 2.05) is 43.3 Å². The predicted octanol–water partition coefficient (Wildman–Crippen LogP) is 4.21.